The van der Waals surface area contributed by atoms with Crippen LogP contribution in [0.4, 0.5) is 5.69 Å². The summed E-state index contributed by atoms with van der Waals surface area (Å²) >= 11 is 3.65. The number of aromatic nitrogens is 3. The summed E-state index contributed by atoms with van der Waals surface area (Å²) in [6, 6.07) is 8.80. The molecule has 0 amide bonds. The number of nitrogens with one attached hydrogen (secondary N) is 2. The molecular weight excluding hydrogens is 521 g/mol. The van der Waals surface area contributed by atoms with E-state index in [0.717, 1.165) is 55.9 Å². The summed E-state index contributed by atoms with van der Waals surface area (Å²) in [6.07, 6.45) is 6.78. The van der Waals surface area contributed by atoms with Gasteiger partial charge in [-0.1, -0.05) is 12.1 Å². The maximum absolute atomic E-state index is 4.36. The van der Waals surface area contributed by atoms with E-state index in [9.17, 15) is 0 Å². The van der Waals surface area contributed by atoms with Gasteiger partial charge in [-0.05, 0) is 47.3 Å². The Morgan fingerprint density at radius 3 is 2.78 bits per heavy atom. The van der Waals surface area contributed by atoms with E-state index < -0.39 is 0 Å². The van der Waals surface area contributed by atoms with Crippen LogP contribution in [0.3, 0.4) is 0 Å². The molecule has 1 saturated heterocycles. The van der Waals surface area contributed by atoms with Gasteiger partial charge in [-0.3, -0.25) is 4.99 Å². The second-order valence-electron chi connectivity index (χ2n) is 6.43. The van der Waals surface area contributed by atoms with Gasteiger partial charge in [-0.15, -0.1) is 34.2 Å². The van der Waals surface area contributed by atoms with E-state index in [2.05, 4.69) is 70.9 Å². The van der Waals surface area contributed by atoms with E-state index in [1.54, 1.807) is 12.7 Å². The first-order valence-electron chi connectivity index (χ1n) is 9.05. The third kappa shape index (κ3) is 6.63. The lowest BCUT2D eigenvalue weighted by atomic mass is 10.2. The van der Waals surface area contributed by atoms with Gasteiger partial charge < -0.3 is 20.1 Å². The number of benzene rings is 1. The zero-order valence-electron chi connectivity index (χ0n) is 15.5. The molecular formula is C18H27BrIN7. The highest BCUT2D eigenvalue weighted by atomic mass is 127. The minimum absolute atomic E-state index is 0. The molecule has 1 aromatic heterocycles. The number of unbranched alkanes of at least 4 members (excludes halogenated alkanes) is 1. The quantitative estimate of drug-likeness (QED) is 0.241. The Bertz CT molecular complexity index is 707. The van der Waals surface area contributed by atoms with Crippen LogP contribution < -0.4 is 15.5 Å². The van der Waals surface area contributed by atoms with Crippen LogP contribution in [0.2, 0.25) is 0 Å². The Balaban J connectivity index is 0.00000261. The third-order valence-corrected chi connectivity index (χ3v) is 5.22. The lowest BCUT2D eigenvalue weighted by molar-refractivity contribution is 0.590. The largest absolute Gasteiger partial charge is 0.368 e. The molecule has 3 rings (SSSR count). The molecule has 0 bridgehead atoms. The molecule has 0 radical (unpaired) electrons. The van der Waals surface area contributed by atoms with Gasteiger partial charge in [0.05, 0.1) is 5.69 Å². The number of aliphatic imine (C=N–C) groups is 1. The summed E-state index contributed by atoms with van der Waals surface area (Å²) in [5, 5.41) is 14.6. The number of hydrogen-bond acceptors (Lipinski definition) is 4. The molecule has 9 heteroatoms. The second kappa shape index (κ2) is 11.5. The van der Waals surface area contributed by atoms with Gasteiger partial charge in [-0.2, -0.15) is 0 Å². The Morgan fingerprint density at radius 1 is 1.26 bits per heavy atom. The number of halogens is 2. The normalized spacial score (nSPS) is 16.9. The van der Waals surface area contributed by atoms with Crippen molar-refractivity contribution in [2.45, 2.75) is 31.8 Å². The first kappa shape index (κ1) is 21.9. The van der Waals surface area contributed by atoms with Gasteiger partial charge in [0.15, 0.2) is 5.96 Å². The summed E-state index contributed by atoms with van der Waals surface area (Å²) < 4.78 is 3.15. The SMILES string of the molecule is CN=C(NCCCCn1cnnc1)NC1CCN(c2ccccc2Br)C1.I. The molecule has 0 spiro atoms. The van der Waals surface area contributed by atoms with Crippen molar-refractivity contribution >= 4 is 51.6 Å². The zero-order chi connectivity index (χ0) is 18.2. The van der Waals surface area contributed by atoms with E-state index in [0.29, 0.717) is 6.04 Å². The summed E-state index contributed by atoms with van der Waals surface area (Å²) in [6.45, 7) is 3.89. The van der Waals surface area contributed by atoms with Crippen LogP contribution in [0, 0.1) is 0 Å². The molecule has 1 aromatic carbocycles. The van der Waals surface area contributed by atoms with Gasteiger partial charge in [0.1, 0.15) is 12.7 Å². The summed E-state index contributed by atoms with van der Waals surface area (Å²) in [5.74, 6) is 0.883. The monoisotopic (exact) mass is 547 g/mol. The highest BCUT2D eigenvalue weighted by molar-refractivity contribution is 14.0. The van der Waals surface area contributed by atoms with Crippen molar-refractivity contribution in [2.75, 3.05) is 31.6 Å². The van der Waals surface area contributed by atoms with Crippen LogP contribution in [-0.2, 0) is 6.54 Å². The lowest BCUT2D eigenvalue weighted by Gasteiger charge is -2.21. The Labute approximate surface area is 186 Å². The van der Waals surface area contributed by atoms with E-state index in [-0.39, 0.29) is 24.0 Å². The minimum atomic E-state index is 0. The Hall–Kier alpha value is -1.36. The van der Waals surface area contributed by atoms with Gasteiger partial charge in [0, 0.05) is 43.7 Å². The Morgan fingerprint density at radius 2 is 2.04 bits per heavy atom. The number of para-hydroxylation sites is 1. The van der Waals surface area contributed by atoms with E-state index in [4.69, 9.17) is 0 Å². The average Bonchev–Trinajstić information content (AvgIpc) is 3.33. The van der Waals surface area contributed by atoms with E-state index >= 15 is 0 Å². The van der Waals surface area contributed by atoms with Crippen LogP contribution >= 0.6 is 39.9 Å². The number of guanidine groups is 1. The molecule has 1 fully saturated rings. The van der Waals surface area contributed by atoms with Crippen molar-refractivity contribution in [1.29, 1.82) is 0 Å². The minimum Gasteiger partial charge on any atom is -0.368 e. The standard InChI is InChI=1S/C18H26BrN7.HI/c1-20-18(21-9-4-5-10-25-13-22-23-14-25)24-15-8-11-26(12-15)17-7-3-2-6-16(17)19;/h2-3,6-7,13-15H,4-5,8-12H2,1H3,(H2,20,21,24);1H. The summed E-state index contributed by atoms with van der Waals surface area (Å²) in [4.78, 5) is 6.77. The highest BCUT2D eigenvalue weighted by Crippen LogP contribution is 2.28. The van der Waals surface area contributed by atoms with Crippen molar-refractivity contribution in [3.05, 3.63) is 41.4 Å². The molecule has 7 nitrogen and oxygen atoms in total. The molecule has 27 heavy (non-hydrogen) atoms. The maximum atomic E-state index is 4.36. The van der Waals surface area contributed by atoms with Crippen LogP contribution in [0.5, 0.6) is 0 Å². The molecule has 2 heterocycles. The fourth-order valence-corrected chi connectivity index (χ4v) is 3.69. The predicted octanol–water partition coefficient (Wildman–Crippen LogP) is 2.88. The molecule has 0 saturated carbocycles. The van der Waals surface area contributed by atoms with Crippen LogP contribution in [0.15, 0.2) is 46.4 Å². The number of nitrogens with zero attached hydrogens (tertiary/aromatic N) is 5. The van der Waals surface area contributed by atoms with E-state index in [1.165, 1.54) is 5.69 Å². The summed E-state index contributed by atoms with van der Waals surface area (Å²) in [5.41, 5.74) is 1.26. The highest BCUT2D eigenvalue weighted by Gasteiger charge is 2.24. The van der Waals surface area contributed by atoms with Crippen molar-refractivity contribution in [1.82, 2.24) is 25.4 Å². The van der Waals surface area contributed by atoms with Gasteiger partial charge in [0.2, 0.25) is 0 Å². The molecule has 0 aliphatic carbocycles. The number of rotatable bonds is 7. The van der Waals surface area contributed by atoms with Crippen molar-refractivity contribution in [3.63, 3.8) is 0 Å². The van der Waals surface area contributed by atoms with Crippen molar-refractivity contribution in [3.8, 4) is 0 Å². The number of anilines is 1. The fourth-order valence-electron chi connectivity index (χ4n) is 3.16. The first-order chi connectivity index (χ1) is 12.8. The first-order valence-corrected chi connectivity index (χ1v) is 9.84. The van der Waals surface area contributed by atoms with Gasteiger partial charge in [0.25, 0.3) is 0 Å². The second-order valence-corrected chi connectivity index (χ2v) is 7.29. The third-order valence-electron chi connectivity index (χ3n) is 4.55. The topological polar surface area (TPSA) is 70.4 Å². The molecule has 1 unspecified atom stereocenters. The molecule has 2 aromatic rings. The van der Waals surface area contributed by atoms with E-state index in [1.807, 2.05) is 11.6 Å². The average molecular weight is 548 g/mol. The van der Waals surface area contributed by atoms with Crippen molar-refractivity contribution < 1.29 is 0 Å². The maximum Gasteiger partial charge on any atom is 0.191 e. The van der Waals surface area contributed by atoms with Crippen LogP contribution in [0.1, 0.15) is 19.3 Å². The molecule has 1 atom stereocenters. The smallest absolute Gasteiger partial charge is 0.191 e. The molecule has 1 aliphatic rings. The number of hydrogen-bond donors (Lipinski definition) is 2. The van der Waals surface area contributed by atoms with Gasteiger partial charge >= 0.3 is 0 Å². The summed E-state index contributed by atoms with van der Waals surface area (Å²) in [7, 11) is 1.83. The number of aryl methyl sites for hydroxylation is 1. The van der Waals surface area contributed by atoms with Gasteiger partial charge in [-0.25, -0.2) is 0 Å². The predicted molar refractivity (Wildman–Crippen MR) is 124 cm³/mol. The zero-order valence-corrected chi connectivity index (χ0v) is 19.4. The molecule has 148 valence electrons. The Kier molecular flexibility index (Phi) is 9.32. The lowest BCUT2D eigenvalue weighted by Crippen LogP contribution is -2.44. The fraction of sp³-hybridized carbons (Fsp3) is 0.500. The van der Waals surface area contributed by atoms with Crippen molar-refractivity contribution in [2.24, 2.45) is 4.99 Å². The molecule has 1 aliphatic heterocycles. The van der Waals surface area contributed by atoms with Crippen LogP contribution in [0.25, 0.3) is 0 Å². The molecule has 2 N–H and O–H groups in total. The van der Waals surface area contributed by atoms with Crippen LogP contribution in [-0.4, -0.2) is 53.4 Å².